The summed E-state index contributed by atoms with van der Waals surface area (Å²) >= 11 is 8.23. The minimum atomic E-state index is -1.58. The fourth-order valence-corrected chi connectivity index (χ4v) is 6.43. The zero-order valence-corrected chi connectivity index (χ0v) is 28.1. The van der Waals surface area contributed by atoms with E-state index in [1.54, 1.807) is 11.9 Å². The number of ether oxygens (including phenoxy) is 2. The normalized spacial score (nSPS) is 17.3. The zero-order valence-electron chi connectivity index (χ0n) is 26.6. The van der Waals surface area contributed by atoms with Gasteiger partial charge in [0.25, 0.3) is 0 Å². The molecule has 0 bridgehead atoms. The monoisotopic (exact) mass is 685 g/mol. The lowest BCUT2D eigenvalue weighted by Gasteiger charge is -2.22. The summed E-state index contributed by atoms with van der Waals surface area (Å²) in [6.07, 6.45) is 4.71. The van der Waals surface area contributed by atoms with Gasteiger partial charge in [0.05, 0.1) is 37.4 Å². The van der Waals surface area contributed by atoms with E-state index in [9.17, 15) is 20.1 Å². The highest BCUT2D eigenvalue weighted by Crippen LogP contribution is 2.53. The van der Waals surface area contributed by atoms with Crippen LogP contribution in [0.3, 0.4) is 0 Å². The van der Waals surface area contributed by atoms with Crippen molar-refractivity contribution in [1.29, 1.82) is 0 Å². The van der Waals surface area contributed by atoms with Crippen LogP contribution in [0.2, 0.25) is 5.02 Å². The molecule has 0 aliphatic heterocycles. The largest absolute Gasteiger partial charge is 0.490 e. The van der Waals surface area contributed by atoms with Crippen molar-refractivity contribution < 1.29 is 34.7 Å². The van der Waals surface area contributed by atoms with Crippen LogP contribution < -0.4 is 10.1 Å². The molecule has 2 aliphatic carbocycles. The number of carbonyl (C=O) groups excluding carboxylic acids is 1. The first kappa shape index (κ1) is 35.6. The van der Waals surface area contributed by atoms with Crippen molar-refractivity contribution >= 4 is 29.5 Å². The van der Waals surface area contributed by atoms with Crippen LogP contribution in [0.5, 0.6) is 5.75 Å². The third kappa shape index (κ3) is 9.90. The Hall–Kier alpha value is -2.74. The molecule has 3 aromatic rings. The molecule has 12 heteroatoms. The Labute approximate surface area is 285 Å². The van der Waals surface area contributed by atoms with E-state index in [0.717, 1.165) is 78.0 Å². The second-order valence-corrected chi connectivity index (χ2v) is 14.0. The van der Waals surface area contributed by atoms with Gasteiger partial charge in [-0.2, -0.15) is 0 Å². The molecular weight excluding hydrogens is 642 g/mol. The Morgan fingerprint density at radius 2 is 1.89 bits per heavy atom. The van der Waals surface area contributed by atoms with E-state index in [0.29, 0.717) is 24.3 Å². The summed E-state index contributed by atoms with van der Waals surface area (Å²) < 4.78 is 15.0. The first-order valence-electron chi connectivity index (χ1n) is 16.1. The number of rotatable bonds is 19. The molecule has 1 heterocycles. The first-order valence-corrected chi connectivity index (χ1v) is 17.3. The summed E-state index contributed by atoms with van der Waals surface area (Å²) in [7, 11) is 2.01. The van der Waals surface area contributed by atoms with Crippen molar-refractivity contribution in [2.75, 3.05) is 26.7 Å². The molecule has 5 rings (SSSR count). The molecule has 2 aromatic carbocycles. The summed E-state index contributed by atoms with van der Waals surface area (Å²) in [5, 5.41) is 41.2. The smallest absolute Gasteiger partial charge is 0.222 e. The molecule has 2 aliphatic rings. The molecule has 47 heavy (non-hydrogen) atoms. The van der Waals surface area contributed by atoms with Crippen LogP contribution in [-0.2, 0) is 21.7 Å². The van der Waals surface area contributed by atoms with E-state index in [1.165, 1.54) is 0 Å². The number of aliphatic hydroxyl groups excluding tert-OH is 4. The lowest BCUT2D eigenvalue weighted by molar-refractivity contribution is -0.128. The van der Waals surface area contributed by atoms with Crippen molar-refractivity contribution in [1.82, 2.24) is 14.6 Å². The van der Waals surface area contributed by atoms with Gasteiger partial charge in [-0.3, -0.25) is 9.78 Å². The third-order valence-corrected chi connectivity index (χ3v) is 9.71. The number of benzene rings is 2. The number of nitrogens with one attached hydrogen (secondary N) is 1. The van der Waals surface area contributed by atoms with Gasteiger partial charge in [-0.25, -0.2) is 4.31 Å². The van der Waals surface area contributed by atoms with Crippen LogP contribution in [0.15, 0.2) is 65.8 Å². The van der Waals surface area contributed by atoms with E-state index in [2.05, 4.69) is 26.7 Å². The van der Waals surface area contributed by atoms with Gasteiger partial charge in [-0.15, -0.1) is 0 Å². The second-order valence-electron chi connectivity index (χ2n) is 12.3. The molecule has 2 saturated carbocycles. The lowest BCUT2D eigenvalue weighted by Crippen LogP contribution is -2.42. The molecule has 0 saturated heterocycles. The van der Waals surface area contributed by atoms with Crippen molar-refractivity contribution in [3.05, 3.63) is 77.1 Å². The Morgan fingerprint density at radius 3 is 2.64 bits per heavy atom. The van der Waals surface area contributed by atoms with Crippen molar-refractivity contribution in [2.45, 2.75) is 86.5 Å². The SMILES string of the molecule is CN(CCCCNC(=O)CC(O)C(O)C(O)CO)Sc1ccc(Cl)c(COC2(c3cnccc3-c3ccccc3OC3CC3)CC2)c1. The fraction of sp³-hybridized carbons (Fsp3) is 0.486. The average molecular weight is 686 g/mol. The van der Waals surface area contributed by atoms with Crippen molar-refractivity contribution in [3.8, 4) is 16.9 Å². The van der Waals surface area contributed by atoms with Gasteiger partial charge < -0.3 is 35.2 Å². The highest BCUT2D eigenvalue weighted by atomic mass is 35.5. The molecule has 3 unspecified atom stereocenters. The van der Waals surface area contributed by atoms with E-state index in [1.807, 2.05) is 55.8 Å². The van der Waals surface area contributed by atoms with Gasteiger partial charge in [0.15, 0.2) is 0 Å². The number of para-hydroxylation sites is 1. The molecule has 254 valence electrons. The molecule has 10 nitrogen and oxygen atoms in total. The van der Waals surface area contributed by atoms with E-state index < -0.39 is 36.4 Å². The third-order valence-electron chi connectivity index (χ3n) is 8.39. The number of unbranched alkanes of at least 4 members (excludes halogenated alkanes) is 1. The molecule has 0 radical (unpaired) electrons. The molecule has 0 spiro atoms. The Morgan fingerprint density at radius 1 is 1.11 bits per heavy atom. The molecule has 1 aromatic heterocycles. The fourth-order valence-electron chi connectivity index (χ4n) is 5.35. The summed E-state index contributed by atoms with van der Waals surface area (Å²) in [6.45, 7) is 0.870. The maximum Gasteiger partial charge on any atom is 0.222 e. The highest BCUT2D eigenvalue weighted by Gasteiger charge is 2.48. The van der Waals surface area contributed by atoms with Crippen LogP contribution in [0.4, 0.5) is 0 Å². The quantitative estimate of drug-likeness (QED) is 0.0907. The lowest BCUT2D eigenvalue weighted by atomic mass is 9.96. The second kappa shape index (κ2) is 16.6. The maximum atomic E-state index is 12.0. The van der Waals surface area contributed by atoms with Crippen LogP contribution in [0, 0.1) is 0 Å². The summed E-state index contributed by atoms with van der Waals surface area (Å²) in [4.78, 5) is 17.5. The highest BCUT2D eigenvalue weighted by molar-refractivity contribution is 7.97. The number of nitrogens with zero attached hydrogens (tertiary/aromatic N) is 2. The number of carbonyl (C=O) groups is 1. The number of aromatic nitrogens is 1. The summed E-state index contributed by atoms with van der Waals surface area (Å²) in [5.41, 5.74) is 3.70. The number of hydrogen-bond acceptors (Lipinski definition) is 10. The Balaban J connectivity index is 1.10. The summed E-state index contributed by atoms with van der Waals surface area (Å²) in [6, 6.07) is 16.2. The number of halogens is 1. The molecular formula is C35H44ClN3O7S. The standard InChI is InChI=1S/C35H44ClN3O7S/c1-39(17-5-4-15-38-33(43)19-30(41)34(44)31(42)21-40)47-25-10-11-29(36)23(18-25)22-45-35(13-14-35)28-20-37-16-12-26(28)27-6-2-3-7-32(27)46-24-8-9-24/h2-3,6-7,10-12,16,18,20,24,30-31,34,40-42,44H,4-5,8-9,13-15,17,19,21-22H2,1H3,(H,38,43). The van der Waals surface area contributed by atoms with Crippen LogP contribution in [0.25, 0.3) is 11.1 Å². The van der Waals surface area contributed by atoms with Gasteiger partial charge in [-0.05, 0) is 99.0 Å². The van der Waals surface area contributed by atoms with Gasteiger partial charge in [0, 0.05) is 46.5 Å². The minimum Gasteiger partial charge on any atom is -0.490 e. The Bertz CT molecular complexity index is 1490. The number of hydrogen-bond donors (Lipinski definition) is 5. The zero-order chi connectivity index (χ0) is 33.4. The topological polar surface area (TPSA) is 145 Å². The van der Waals surface area contributed by atoms with Crippen LogP contribution in [-0.4, -0.2) is 86.8 Å². The minimum absolute atomic E-state index is 0.301. The average Bonchev–Trinajstić information content (AvgIpc) is 4.02. The summed E-state index contributed by atoms with van der Waals surface area (Å²) in [5.74, 6) is 0.466. The number of amides is 1. The van der Waals surface area contributed by atoms with Crippen molar-refractivity contribution in [3.63, 3.8) is 0 Å². The van der Waals surface area contributed by atoms with E-state index in [-0.39, 0.29) is 6.42 Å². The van der Waals surface area contributed by atoms with Crippen LogP contribution in [0.1, 0.15) is 56.1 Å². The maximum absolute atomic E-state index is 12.0. The molecule has 3 atom stereocenters. The molecule has 5 N–H and O–H groups in total. The number of aliphatic hydroxyl groups is 4. The van der Waals surface area contributed by atoms with Crippen molar-refractivity contribution in [2.24, 2.45) is 0 Å². The van der Waals surface area contributed by atoms with E-state index >= 15 is 0 Å². The van der Waals surface area contributed by atoms with E-state index in [4.69, 9.17) is 26.2 Å². The predicted molar refractivity (Wildman–Crippen MR) is 181 cm³/mol. The molecule has 1 amide bonds. The van der Waals surface area contributed by atoms with Gasteiger partial charge >= 0.3 is 0 Å². The molecule has 2 fully saturated rings. The van der Waals surface area contributed by atoms with Gasteiger partial charge in [0.2, 0.25) is 5.91 Å². The predicted octanol–water partition coefficient (Wildman–Crippen LogP) is 4.45. The van der Waals surface area contributed by atoms with Crippen LogP contribution >= 0.6 is 23.5 Å². The van der Waals surface area contributed by atoms with Gasteiger partial charge in [-0.1, -0.05) is 29.8 Å². The van der Waals surface area contributed by atoms with Gasteiger partial charge in [0.1, 0.15) is 18.0 Å². The Kier molecular flexibility index (Phi) is 12.5. The first-order chi connectivity index (χ1) is 22.7. The number of pyridine rings is 1.